The summed E-state index contributed by atoms with van der Waals surface area (Å²) in [4.78, 5) is 2.22. The third-order valence-corrected chi connectivity index (χ3v) is 3.63. The highest BCUT2D eigenvalue weighted by Gasteiger charge is 2.34. The van der Waals surface area contributed by atoms with Crippen LogP contribution in [-0.2, 0) is 10.2 Å². The average Bonchev–Trinajstić information content (AvgIpc) is 2.48. The van der Waals surface area contributed by atoms with Gasteiger partial charge < -0.3 is 9.64 Å². The molecule has 0 fully saturated rings. The van der Waals surface area contributed by atoms with Crippen LogP contribution < -0.4 is 0 Å². The Morgan fingerprint density at radius 2 is 1.30 bits per heavy atom. The van der Waals surface area contributed by atoms with Crippen LogP contribution in [-0.4, -0.2) is 39.3 Å². The summed E-state index contributed by atoms with van der Waals surface area (Å²) >= 11 is 0. The molecule has 0 aliphatic heterocycles. The van der Waals surface area contributed by atoms with Gasteiger partial charge in [0.1, 0.15) is 0 Å². The monoisotopic (exact) mass is 269 g/mol. The second-order valence-electron chi connectivity index (χ2n) is 5.48. The van der Waals surface area contributed by atoms with Gasteiger partial charge in [0.05, 0.1) is 12.0 Å². The number of benzene rings is 2. The molecule has 0 radical (unpaired) electrons. The minimum atomic E-state index is -0.138. The lowest BCUT2D eigenvalue weighted by atomic mass is 9.74. The van der Waals surface area contributed by atoms with Crippen molar-refractivity contribution < 1.29 is 4.74 Å². The van der Waals surface area contributed by atoms with E-state index in [1.165, 1.54) is 11.1 Å². The van der Waals surface area contributed by atoms with Crippen molar-refractivity contribution in [2.75, 3.05) is 34.4 Å². The standard InChI is InChI=1S/C18H23NO/c1-19(2)14-18(15-20-3,16-10-6-4-7-11-16)17-12-8-5-9-13-17/h4-13H,14-15H2,1-3H3. The van der Waals surface area contributed by atoms with E-state index in [9.17, 15) is 0 Å². The van der Waals surface area contributed by atoms with Crippen LogP contribution in [0.5, 0.6) is 0 Å². The molecular weight excluding hydrogens is 246 g/mol. The zero-order valence-electron chi connectivity index (χ0n) is 12.5. The molecule has 20 heavy (non-hydrogen) atoms. The molecule has 2 nitrogen and oxygen atoms in total. The van der Waals surface area contributed by atoms with E-state index < -0.39 is 0 Å². The van der Waals surface area contributed by atoms with Crippen LogP contribution in [0.2, 0.25) is 0 Å². The summed E-state index contributed by atoms with van der Waals surface area (Å²) in [6, 6.07) is 21.3. The van der Waals surface area contributed by atoms with E-state index in [0.29, 0.717) is 6.61 Å². The van der Waals surface area contributed by atoms with E-state index in [-0.39, 0.29) is 5.41 Å². The van der Waals surface area contributed by atoms with Crippen molar-refractivity contribution in [2.24, 2.45) is 0 Å². The second kappa shape index (κ2) is 6.69. The van der Waals surface area contributed by atoms with Crippen molar-refractivity contribution in [3.05, 3.63) is 71.8 Å². The van der Waals surface area contributed by atoms with Crippen LogP contribution in [0, 0.1) is 0 Å². The van der Waals surface area contributed by atoms with Gasteiger partial charge in [-0.1, -0.05) is 60.7 Å². The van der Waals surface area contributed by atoms with E-state index in [4.69, 9.17) is 4.74 Å². The molecule has 0 N–H and O–H groups in total. The van der Waals surface area contributed by atoms with Gasteiger partial charge in [0.2, 0.25) is 0 Å². The number of rotatable bonds is 6. The molecule has 0 heterocycles. The number of hydrogen-bond donors (Lipinski definition) is 0. The van der Waals surface area contributed by atoms with Gasteiger partial charge in [0.25, 0.3) is 0 Å². The van der Waals surface area contributed by atoms with Crippen molar-refractivity contribution in [3.63, 3.8) is 0 Å². The molecule has 0 spiro atoms. The third-order valence-electron chi connectivity index (χ3n) is 3.63. The number of ether oxygens (including phenoxy) is 1. The van der Waals surface area contributed by atoms with Gasteiger partial charge in [-0.25, -0.2) is 0 Å². The maximum Gasteiger partial charge on any atom is 0.0612 e. The van der Waals surface area contributed by atoms with Gasteiger partial charge in [-0.3, -0.25) is 0 Å². The van der Waals surface area contributed by atoms with Gasteiger partial charge >= 0.3 is 0 Å². The van der Waals surface area contributed by atoms with Gasteiger partial charge in [-0.05, 0) is 25.2 Å². The van der Waals surface area contributed by atoms with Gasteiger partial charge in [0, 0.05) is 13.7 Å². The fourth-order valence-corrected chi connectivity index (χ4v) is 2.86. The topological polar surface area (TPSA) is 12.5 Å². The Morgan fingerprint density at radius 3 is 1.65 bits per heavy atom. The predicted molar refractivity (Wildman–Crippen MR) is 84.1 cm³/mol. The molecule has 0 aromatic heterocycles. The fraction of sp³-hybridized carbons (Fsp3) is 0.333. The van der Waals surface area contributed by atoms with Crippen molar-refractivity contribution in [3.8, 4) is 0 Å². The SMILES string of the molecule is COCC(CN(C)C)(c1ccccc1)c1ccccc1. The molecule has 2 heteroatoms. The van der Waals surface area contributed by atoms with Crippen LogP contribution in [0.4, 0.5) is 0 Å². The Hall–Kier alpha value is -1.64. The first-order valence-electron chi connectivity index (χ1n) is 6.94. The van der Waals surface area contributed by atoms with Gasteiger partial charge in [-0.2, -0.15) is 0 Å². The summed E-state index contributed by atoms with van der Waals surface area (Å²) < 4.78 is 5.59. The highest BCUT2D eigenvalue weighted by molar-refractivity contribution is 5.40. The zero-order valence-corrected chi connectivity index (χ0v) is 12.5. The first-order chi connectivity index (χ1) is 9.69. The Labute approximate surface area is 122 Å². The number of nitrogens with zero attached hydrogens (tertiary/aromatic N) is 1. The maximum absolute atomic E-state index is 5.59. The first kappa shape index (κ1) is 14.8. The summed E-state index contributed by atoms with van der Waals surface area (Å²) in [7, 11) is 5.99. The Kier molecular flexibility index (Phi) is 4.94. The first-order valence-corrected chi connectivity index (χ1v) is 6.94. The Morgan fingerprint density at radius 1 is 0.850 bits per heavy atom. The number of methoxy groups -OCH3 is 1. The van der Waals surface area contributed by atoms with Crippen molar-refractivity contribution >= 4 is 0 Å². The summed E-state index contributed by atoms with van der Waals surface area (Å²) in [6.45, 7) is 1.58. The molecule has 2 rings (SSSR count). The normalized spacial score (nSPS) is 11.8. The second-order valence-corrected chi connectivity index (χ2v) is 5.48. The van der Waals surface area contributed by atoms with E-state index in [0.717, 1.165) is 6.54 Å². The van der Waals surface area contributed by atoms with E-state index in [2.05, 4.69) is 79.7 Å². The van der Waals surface area contributed by atoms with Gasteiger partial charge in [-0.15, -0.1) is 0 Å². The molecule has 0 aliphatic rings. The fourth-order valence-electron chi connectivity index (χ4n) is 2.86. The maximum atomic E-state index is 5.59. The largest absolute Gasteiger partial charge is 0.383 e. The molecule has 2 aromatic rings. The quantitative estimate of drug-likeness (QED) is 0.798. The molecule has 0 atom stereocenters. The van der Waals surface area contributed by atoms with Gasteiger partial charge in [0.15, 0.2) is 0 Å². The minimum absolute atomic E-state index is 0.138. The molecule has 0 aliphatic carbocycles. The molecule has 106 valence electrons. The zero-order chi connectivity index (χ0) is 14.4. The summed E-state index contributed by atoms with van der Waals surface area (Å²) in [5.74, 6) is 0. The molecule has 0 saturated heterocycles. The van der Waals surface area contributed by atoms with Crippen LogP contribution in [0.1, 0.15) is 11.1 Å². The lowest BCUT2D eigenvalue weighted by Gasteiger charge is -2.37. The minimum Gasteiger partial charge on any atom is -0.383 e. The van der Waals surface area contributed by atoms with E-state index in [1.54, 1.807) is 7.11 Å². The lowest BCUT2D eigenvalue weighted by molar-refractivity contribution is 0.129. The Bertz CT molecular complexity index is 468. The molecule has 0 amide bonds. The van der Waals surface area contributed by atoms with E-state index >= 15 is 0 Å². The summed E-state index contributed by atoms with van der Waals surface area (Å²) in [5.41, 5.74) is 2.45. The number of likely N-dealkylation sites (N-methyl/N-ethyl adjacent to an activating group) is 1. The molecule has 0 saturated carbocycles. The van der Waals surface area contributed by atoms with Crippen LogP contribution >= 0.6 is 0 Å². The van der Waals surface area contributed by atoms with Crippen molar-refractivity contribution in [1.82, 2.24) is 4.90 Å². The van der Waals surface area contributed by atoms with Crippen LogP contribution in [0.25, 0.3) is 0 Å². The van der Waals surface area contributed by atoms with Crippen LogP contribution in [0.15, 0.2) is 60.7 Å². The number of hydrogen-bond acceptors (Lipinski definition) is 2. The molecular formula is C18H23NO. The van der Waals surface area contributed by atoms with Crippen molar-refractivity contribution in [1.29, 1.82) is 0 Å². The molecule has 2 aromatic carbocycles. The van der Waals surface area contributed by atoms with Crippen LogP contribution in [0.3, 0.4) is 0 Å². The van der Waals surface area contributed by atoms with Crippen molar-refractivity contribution in [2.45, 2.75) is 5.41 Å². The summed E-state index contributed by atoms with van der Waals surface area (Å²) in [6.07, 6.45) is 0. The third kappa shape index (κ3) is 3.09. The van der Waals surface area contributed by atoms with E-state index in [1.807, 2.05) is 0 Å². The highest BCUT2D eigenvalue weighted by atomic mass is 16.5. The molecule has 0 bridgehead atoms. The Balaban J connectivity index is 2.56. The molecule has 0 unspecified atom stereocenters. The highest BCUT2D eigenvalue weighted by Crippen LogP contribution is 2.33. The lowest BCUT2D eigenvalue weighted by Crippen LogP contribution is -2.42. The predicted octanol–water partition coefficient (Wildman–Crippen LogP) is 3.18. The average molecular weight is 269 g/mol. The summed E-state index contributed by atoms with van der Waals surface area (Å²) in [5, 5.41) is 0. The smallest absolute Gasteiger partial charge is 0.0612 e.